The van der Waals surface area contributed by atoms with Crippen molar-refractivity contribution in [2.24, 2.45) is 5.73 Å². The fourth-order valence-corrected chi connectivity index (χ4v) is 2.29. The second-order valence-corrected chi connectivity index (χ2v) is 6.03. The summed E-state index contributed by atoms with van der Waals surface area (Å²) in [4.78, 5) is 36.4. The van der Waals surface area contributed by atoms with Gasteiger partial charge in [0.05, 0.1) is 5.56 Å². The lowest BCUT2D eigenvalue weighted by Gasteiger charge is -2.18. The average molecular weight is 370 g/mol. The molecule has 0 heterocycles. The van der Waals surface area contributed by atoms with Crippen LogP contribution in [0.25, 0.3) is 0 Å². The minimum atomic E-state index is -0.617. The Morgan fingerprint density at radius 2 is 1.67 bits per heavy atom. The van der Waals surface area contributed by atoms with Gasteiger partial charge in [0.1, 0.15) is 5.75 Å². The molecule has 0 unspecified atom stereocenters. The summed E-state index contributed by atoms with van der Waals surface area (Å²) < 4.78 is 10.2. The van der Waals surface area contributed by atoms with E-state index in [1.807, 2.05) is 31.2 Å². The van der Waals surface area contributed by atoms with Gasteiger partial charge in [-0.3, -0.25) is 9.59 Å². The number of benzene rings is 2. The van der Waals surface area contributed by atoms with E-state index in [1.54, 1.807) is 7.05 Å². The van der Waals surface area contributed by atoms with Crippen molar-refractivity contribution in [3.8, 4) is 5.75 Å². The van der Waals surface area contributed by atoms with Crippen molar-refractivity contribution in [3.05, 3.63) is 65.2 Å². The van der Waals surface area contributed by atoms with Crippen LogP contribution in [0.3, 0.4) is 0 Å². The molecule has 7 nitrogen and oxygen atoms in total. The van der Waals surface area contributed by atoms with E-state index in [1.165, 1.54) is 29.2 Å². The zero-order valence-corrected chi connectivity index (χ0v) is 15.3. The number of ether oxygens (including phenoxy) is 2. The molecule has 0 atom stereocenters. The van der Waals surface area contributed by atoms with Crippen molar-refractivity contribution in [1.29, 1.82) is 0 Å². The molecule has 0 radical (unpaired) electrons. The van der Waals surface area contributed by atoms with E-state index in [4.69, 9.17) is 15.2 Å². The quantitative estimate of drug-likeness (QED) is 0.713. The zero-order chi connectivity index (χ0) is 19.8. The highest BCUT2D eigenvalue weighted by Crippen LogP contribution is 2.13. The Bertz CT molecular complexity index is 817. The summed E-state index contributed by atoms with van der Waals surface area (Å²) >= 11 is 0. The van der Waals surface area contributed by atoms with Gasteiger partial charge in [0.2, 0.25) is 0 Å². The number of amides is 2. The van der Waals surface area contributed by atoms with E-state index >= 15 is 0 Å². The number of carbonyl (C=O) groups excluding carboxylic acids is 3. The van der Waals surface area contributed by atoms with Gasteiger partial charge in [0.15, 0.2) is 13.2 Å². The third-order valence-corrected chi connectivity index (χ3v) is 3.89. The fraction of sp³-hybridized carbons (Fsp3) is 0.250. The number of likely N-dealkylation sites (N-methyl/N-ethyl adjacent to an activating group) is 1. The summed E-state index contributed by atoms with van der Waals surface area (Å²) in [5.41, 5.74) is 7.39. The van der Waals surface area contributed by atoms with Crippen LogP contribution in [-0.4, -0.2) is 42.9 Å². The predicted octanol–water partition coefficient (Wildman–Crippen LogP) is 1.67. The Morgan fingerprint density at radius 1 is 1.00 bits per heavy atom. The Labute approximate surface area is 157 Å². The number of carbonyl (C=O) groups is 3. The molecule has 0 bridgehead atoms. The van der Waals surface area contributed by atoms with Crippen molar-refractivity contribution in [1.82, 2.24) is 4.90 Å². The first kappa shape index (κ1) is 20.0. The van der Waals surface area contributed by atoms with E-state index in [-0.39, 0.29) is 24.7 Å². The Kier molecular flexibility index (Phi) is 6.93. The van der Waals surface area contributed by atoms with Gasteiger partial charge in [-0.2, -0.15) is 0 Å². The Balaban J connectivity index is 1.84. The molecular formula is C20H22N2O5. The van der Waals surface area contributed by atoms with Gasteiger partial charge in [-0.25, -0.2) is 4.79 Å². The van der Waals surface area contributed by atoms with Crippen LogP contribution in [0.4, 0.5) is 0 Å². The molecule has 7 heteroatoms. The predicted molar refractivity (Wildman–Crippen MR) is 99.1 cm³/mol. The van der Waals surface area contributed by atoms with Gasteiger partial charge in [0.25, 0.3) is 11.8 Å². The van der Waals surface area contributed by atoms with E-state index in [0.717, 1.165) is 11.1 Å². The van der Waals surface area contributed by atoms with Crippen LogP contribution >= 0.6 is 0 Å². The number of primary amides is 1. The lowest BCUT2D eigenvalue weighted by molar-refractivity contribution is -0.133. The van der Waals surface area contributed by atoms with Crippen LogP contribution in [-0.2, 0) is 20.9 Å². The van der Waals surface area contributed by atoms with E-state index < -0.39 is 11.9 Å². The van der Waals surface area contributed by atoms with Crippen molar-refractivity contribution >= 4 is 17.8 Å². The first-order valence-electron chi connectivity index (χ1n) is 8.33. The molecule has 2 amide bonds. The van der Waals surface area contributed by atoms with Gasteiger partial charge >= 0.3 is 5.97 Å². The highest BCUT2D eigenvalue weighted by atomic mass is 16.5. The third-order valence-electron chi connectivity index (χ3n) is 3.89. The summed E-state index contributed by atoms with van der Waals surface area (Å²) in [5.74, 6) is -1.10. The largest absolute Gasteiger partial charge is 0.484 e. The van der Waals surface area contributed by atoms with Gasteiger partial charge in [-0.05, 0) is 42.3 Å². The van der Waals surface area contributed by atoms with Crippen LogP contribution in [0.1, 0.15) is 21.5 Å². The summed E-state index contributed by atoms with van der Waals surface area (Å²) in [6.45, 7) is 1.83. The van der Waals surface area contributed by atoms with Crippen LogP contribution in [0, 0.1) is 6.92 Å². The molecule has 27 heavy (non-hydrogen) atoms. The van der Waals surface area contributed by atoms with Crippen molar-refractivity contribution in [3.63, 3.8) is 0 Å². The van der Waals surface area contributed by atoms with Gasteiger partial charge in [-0.15, -0.1) is 0 Å². The fourth-order valence-electron chi connectivity index (χ4n) is 2.29. The first-order chi connectivity index (χ1) is 12.9. The van der Waals surface area contributed by atoms with Crippen LogP contribution in [0.2, 0.25) is 0 Å². The summed E-state index contributed by atoms with van der Waals surface area (Å²) in [6.07, 6.45) is 0. The maximum absolute atomic E-state index is 12.2. The number of aryl methyl sites for hydroxylation is 1. The molecule has 2 rings (SSSR count). The summed E-state index contributed by atoms with van der Waals surface area (Å²) in [6, 6.07) is 13.8. The van der Waals surface area contributed by atoms with Crippen LogP contribution < -0.4 is 10.5 Å². The lowest BCUT2D eigenvalue weighted by atomic mass is 10.1. The third kappa shape index (κ3) is 6.14. The molecule has 0 aliphatic rings. The minimum Gasteiger partial charge on any atom is -0.484 e. The molecule has 0 saturated heterocycles. The molecule has 0 aromatic heterocycles. The van der Waals surface area contributed by atoms with E-state index in [9.17, 15) is 14.4 Å². The number of hydrogen-bond acceptors (Lipinski definition) is 5. The van der Waals surface area contributed by atoms with Gasteiger partial charge in [-0.1, -0.05) is 24.3 Å². The normalized spacial score (nSPS) is 10.1. The highest BCUT2D eigenvalue weighted by molar-refractivity contribution is 5.91. The van der Waals surface area contributed by atoms with Gasteiger partial charge < -0.3 is 20.1 Å². The van der Waals surface area contributed by atoms with Gasteiger partial charge in [0, 0.05) is 13.6 Å². The standard InChI is InChI=1S/C20H22N2O5/c1-14-5-3-4-6-16(14)11-22(2)19(24)13-27-20(25)15-7-9-17(10-8-15)26-12-18(21)23/h3-10H,11-13H2,1-2H3,(H2,21,23). The molecule has 2 aromatic carbocycles. The van der Waals surface area contributed by atoms with E-state index in [0.29, 0.717) is 12.3 Å². The zero-order valence-electron chi connectivity index (χ0n) is 15.3. The number of hydrogen-bond donors (Lipinski definition) is 1. The second kappa shape index (κ2) is 9.38. The monoisotopic (exact) mass is 370 g/mol. The molecule has 0 aliphatic carbocycles. The lowest BCUT2D eigenvalue weighted by Crippen LogP contribution is -2.31. The highest BCUT2D eigenvalue weighted by Gasteiger charge is 2.14. The maximum Gasteiger partial charge on any atom is 0.338 e. The van der Waals surface area contributed by atoms with Crippen LogP contribution in [0.15, 0.2) is 48.5 Å². The van der Waals surface area contributed by atoms with E-state index in [2.05, 4.69) is 0 Å². The smallest absolute Gasteiger partial charge is 0.338 e. The molecule has 0 spiro atoms. The Hall–Kier alpha value is -3.35. The first-order valence-corrected chi connectivity index (χ1v) is 8.33. The minimum absolute atomic E-state index is 0.245. The van der Waals surface area contributed by atoms with Crippen molar-refractivity contribution in [2.75, 3.05) is 20.3 Å². The SMILES string of the molecule is Cc1ccccc1CN(C)C(=O)COC(=O)c1ccc(OCC(N)=O)cc1. The molecule has 142 valence electrons. The summed E-state index contributed by atoms with van der Waals surface area (Å²) in [7, 11) is 1.66. The second-order valence-electron chi connectivity index (χ2n) is 6.03. The number of nitrogens with zero attached hydrogens (tertiary/aromatic N) is 1. The number of nitrogens with two attached hydrogens (primary N) is 1. The molecular weight excluding hydrogens is 348 g/mol. The van der Waals surface area contributed by atoms with Crippen molar-refractivity contribution < 1.29 is 23.9 Å². The molecule has 0 fully saturated rings. The van der Waals surface area contributed by atoms with Crippen molar-refractivity contribution in [2.45, 2.75) is 13.5 Å². The maximum atomic E-state index is 12.2. The number of rotatable bonds is 8. The Morgan fingerprint density at radius 3 is 2.30 bits per heavy atom. The average Bonchev–Trinajstić information content (AvgIpc) is 2.66. The molecule has 0 saturated carbocycles. The molecule has 2 N–H and O–H groups in total. The van der Waals surface area contributed by atoms with Crippen LogP contribution in [0.5, 0.6) is 5.75 Å². The molecule has 2 aromatic rings. The summed E-state index contributed by atoms with van der Waals surface area (Å²) in [5, 5.41) is 0. The number of esters is 1. The topological polar surface area (TPSA) is 98.9 Å². The molecule has 0 aliphatic heterocycles.